The topological polar surface area (TPSA) is 77.1 Å². The highest BCUT2D eigenvalue weighted by Crippen LogP contribution is 2.40. The van der Waals surface area contributed by atoms with Gasteiger partial charge < -0.3 is 15.6 Å². The van der Waals surface area contributed by atoms with Gasteiger partial charge in [-0.15, -0.1) is 0 Å². The summed E-state index contributed by atoms with van der Waals surface area (Å²) >= 11 is 0. The lowest BCUT2D eigenvalue weighted by Crippen LogP contribution is -2.18. The first kappa shape index (κ1) is 20.1. The normalized spacial score (nSPS) is 13.6. The third-order valence-corrected chi connectivity index (χ3v) is 5.48. The van der Waals surface area contributed by atoms with E-state index in [2.05, 4.69) is 5.32 Å². The van der Waals surface area contributed by atoms with E-state index in [4.69, 9.17) is 5.73 Å². The summed E-state index contributed by atoms with van der Waals surface area (Å²) < 4.78 is 31.9. The summed E-state index contributed by atoms with van der Waals surface area (Å²) in [5, 5.41) is 2.63. The van der Waals surface area contributed by atoms with Crippen LogP contribution in [0.4, 0.5) is 20.2 Å². The van der Waals surface area contributed by atoms with Crippen LogP contribution in [0.3, 0.4) is 0 Å². The second kappa shape index (κ2) is 7.89. The molecule has 30 heavy (non-hydrogen) atoms. The molecule has 1 saturated carbocycles. The number of aryl methyl sites for hydroxylation is 1. The van der Waals surface area contributed by atoms with Gasteiger partial charge >= 0.3 is 0 Å². The highest BCUT2D eigenvalue weighted by atomic mass is 19.1. The van der Waals surface area contributed by atoms with E-state index in [9.17, 15) is 14.0 Å². The molecule has 3 N–H and O–H groups in total. The number of Topliss-reactive ketones (excluding diaryl/α,β-unsaturated/α-hetero) is 1. The second-order valence-electron chi connectivity index (χ2n) is 7.74. The highest BCUT2D eigenvalue weighted by Gasteiger charge is 2.29. The van der Waals surface area contributed by atoms with E-state index in [1.54, 1.807) is 42.0 Å². The van der Waals surface area contributed by atoms with Gasteiger partial charge in [-0.2, -0.15) is 0 Å². The monoisotopic (exact) mass is 411 g/mol. The Hall–Kier alpha value is -3.22. The van der Waals surface area contributed by atoms with Crippen LogP contribution in [-0.2, 0) is 0 Å². The minimum atomic E-state index is -0.973. The lowest BCUT2D eigenvalue weighted by molar-refractivity contribution is 0.0981. The van der Waals surface area contributed by atoms with Gasteiger partial charge in [-0.1, -0.05) is 30.3 Å². The Morgan fingerprint density at radius 2 is 1.90 bits per heavy atom. The number of nitrogens with one attached hydrogen (secondary N) is 1. The SMILES string of the molecule is Cc1cn(C2CC2)c2c(F)c(NCCCC(=O)c3ccccc3)c(F)c(N)c2c1=O. The number of carbonyl (C=O) groups is 1. The van der Waals surface area contributed by atoms with Crippen molar-refractivity contribution >= 4 is 28.1 Å². The third kappa shape index (κ3) is 3.56. The molecule has 7 heteroatoms. The molecule has 0 atom stereocenters. The molecule has 156 valence electrons. The zero-order valence-electron chi connectivity index (χ0n) is 16.7. The van der Waals surface area contributed by atoms with E-state index in [1.807, 2.05) is 6.07 Å². The maximum atomic E-state index is 15.3. The third-order valence-electron chi connectivity index (χ3n) is 5.48. The van der Waals surface area contributed by atoms with Crippen LogP contribution in [0.25, 0.3) is 10.9 Å². The number of hydrogen-bond acceptors (Lipinski definition) is 4. The molecule has 1 aromatic heterocycles. The molecule has 3 aromatic rings. The Labute approximate surface area is 172 Å². The van der Waals surface area contributed by atoms with Crippen molar-refractivity contribution in [1.82, 2.24) is 4.57 Å². The first-order valence-corrected chi connectivity index (χ1v) is 10.0. The van der Waals surface area contributed by atoms with Gasteiger partial charge in [0.15, 0.2) is 22.8 Å². The van der Waals surface area contributed by atoms with Gasteiger partial charge in [0.05, 0.1) is 16.6 Å². The second-order valence-corrected chi connectivity index (χ2v) is 7.74. The Morgan fingerprint density at radius 1 is 1.20 bits per heavy atom. The molecule has 1 heterocycles. The zero-order valence-corrected chi connectivity index (χ0v) is 16.7. The summed E-state index contributed by atoms with van der Waals surface area (Å²) in [4.78, 5) is 24.7. The summed E-state index contributed by atoms with van der Waals surface area (Å²) in [6.07, 6.45) is 4.01. The van der Waals surface area contributed by atoms with Crippen LogP contribution in [0.5, 0.6) is 0 Å². The van der Waals surface area contributed by atoms with E-state index < -0.39 is 17.1 Å². The molecule has 4 rings (SSSR count). The van der Waals surface area contributed by atoms with Crippen LogP contribution < -0.4 is 16.5 Å². The smallest absolute Gasteiger partial charge is 0.194 e. The average Bonchev–Trinajstić information content (AvgIpc) is 3.59. The number of halogens is 2. The molecule has 0 radical (unpaired) electrons. The van der Waals surface area contributed by atoms with Gasteiger partial charge in [0, 0.05) is 36.3 Å². The number of pyridine rings is 1. The van der Waals surface area contributed by atoms with E-state index in [1.165, 1.54) is 0 Å². The average molecular weight is 411 g/mol. The zero-order chi connectivity index (χ0) is 21.4. The van der Waals surface area contributed by atoms with Crippen molar-refractivity contribution in [3.05, 3.63) is 69.5 Å². The molecule has 0 spiro atoms. The standard InChI is InChI=1S/C23H23F2N3O2/c1-13-12-28(15-9-10-15)22-17(23(13)30)20(26)18(24)21(19(22)25)27-11-5-8-16(29)14-6-3-2-4-7-14/h2-4,6-7,12,15,27H,5,8-11,26H2,1H3. The Kier molecular flexibility index (Phi) is 5.28. The molecule has 0 bridgehead atoms. The number of rotatable bonds is 7. The van der Waals surface area contributed by atoms with Crippen LogP contribution in [-0.4, -0.2) is 16.9 Å². The number of hydrogen-bond donors (Lipinski definition) is 2. The molecule has 0 unspecified atom stereocenters. The van der Waals surface area contributed by atoms with Gasteiger partial charge in [0.2, 0.25) is 0 Å². The van der Waals surface area contributed by atoms with Crippen molar-refractivity contribution in [1.29, 1.82) is 0 Å². The quantitative estimate of drug-likeness (QED) is 0.339. The van der Waals surface area contributed by atoms with Crippen molar-refractivity contribution in [2.45, 2.75) is 38.6 Å². The molecular weight excluding hydrogens is 388 g/mol. The fourth-order valence-electron chi connectivity index (χ4n) is 3.72. The van der Waals surface area contributed by atoms with Gasteiger partial charge in [-0.05, 0) is 26.2 Å². The minimum absolute atomic E-state index is 0.0329. The van der Waals surface area contributed by atoms with Crippen molar-refractivity contribution < 1.29 is 13.6 Å². The predicted molar refractivity (Wildman–Crippen MR) is 114 cm³/mol. The number of nitrogens with two attached hydrogens (primary N) is 1. The summed E-state index contributed by atoms with van der Waals surface area (Å²) in [6, 6.07) is 8.96. The number of nitrogen functional groups attached to an aromatic ring is 1. The molecule has 5 nitrogen and oxygen atoms in total. The first-order chi connectivity index (χ1) is 14.4. The minimum Gasteiger partial charge on any atom is -0.396 e. The predicted octanol–water partition coefficient (Wildman–Crippen LogP) is 4.58. The number of benzene rings is 2. The number of aromatic nitrogens is 1. The van der Waals surface area contributed by atoms with Crippen LogP contribution in [0.15, 0.2) is 41.3 Å². The largest absolute Gasteiger partial charge is 0.396 e. The Balaban J connectivity index is 1.60. The summed E-state index contributed by atoms with van der Waals surface area (Å²) in [5.74, 6) is -1.83. The first-order valence-electron chi connectivity index (χ1n) is 10.0. The van der Waals surface area contributed by atoms with Crippen molar-refractivity contribution in [2.75, 3.05) is 17.6 Å². The maximum absolute atomic E-state index is 15.3. The lowest BCUT2D eigenvalue weighted by Gasteiger charge is -2.18. The van der Waals surface area contributed by atoms with Crippen LogP contribution in [0, 0.1) is 18.6 Å². The van der Waals surface area contributed by atoms with Crippen molar-refractivity contribution in [2.24, 2.45) is 0 Å². The molecule has 0 aliphatic heterocycles. The number of fused-ring (bicyclic) bond motifs is 1. The Morgan fingerprint density at radius 3 is 2.57 bits per heavy atom. The van der Waals surface area contributed by atoms with Gasteiger partial charge in [-0.25, -0.2) is 8.78 Å². The maximum Gasteiger partial charge on any atom is 0.194 e. The summed E-state index contributed by atoms with van der Waals surface area (Å²) in [5.41, 5.74) is 5.80. The summed E-state index contributed by atoms with van der Waals surface area (Å²) in [7, 11) is 0. The van der Waals surface area contributed by atoms with E-state index in [0.717, 1.165) is 12.8 Å². The Bertz CT molecular complexity index is 1190. The molecule has 1 fully saturated rings. The lowest BCUT2D eigenvalue weighted by atomic mass is 10.1. The van der Waals surface area contributed by atoms with Gasteiger partial charge in [0.1, 0.15) is 5.69 Å². The highest BCUT2D eigenvalue weighted by molar-refractivity contribution is 5.96. The number of nitrogens with zero attached hydrogens (tertiary/aromatic N) is 1. The van der Waals surface area contributed by atoms with E-state index >= 15 is 4.39 Å². The van der Waals surface area contributed by atoms with Gasteiger partial charge in [0.25, 0.3) is 0 Å². The van der Waals surface area contributed by atoms with Crippen LogP contribution in [0.2, 0.25) is 0 Å². The fourth-order valence-corrected chi connectivity index (χ4v) is 3.72. The van der Waals surface area contributed by atoms with E-state index in [0.29, 0.717) is 17.5 Å². The van der Waals surface area contributed by atoms with Gasteiger partial charge in [-0.3, -0.25) is 9.59 Å². The molecule has 0 amide bonds. The molecule has 1 aliphatic rings. The van der Waals surface area contributed by atoms with Crippen molar-refractivity contribution in [3.63, 3.8) is 0 Å². The summed E-state index contributed by atoms with van der Waals surface area (Å²) in [6.45, 7) is 1.81. The molecule has 0 saturated heterocycles. The fraction of sp³-hybridized carbons (Fsp3) is 0.304. The molecular formula is C23H23F2N3O2. The molecule has 1 aliphatic carbocycles. The van der Waals surface area contributed by atoms with Crippen molar-refractivity contribution in [3.8, 4) is 0 Å². The molecule has 2 aromatic carbocycles. The number of carbonyl (C=O) groups excluding carboxylic acids is 1. The number of ketones is 1. The van der Waals surface area contributed by atoms with E-state index in [-0.39, 0.29) is 47.1 Å². The van der Waals surface area contributed by atoms with Crippen LogP contribution in [0.1, 0.15) is 47.6 Å². The van der Waals surface area contributed by atoms with Crippen LogP contribution >= 0.6 is 0 Å². The number of anilines is 2.